The second-order valence-corrected chi connectivity index (χ2v) is 7.31. The lowest BCUT2D eigenvalue weighted by Gasteiger charge is -2.24. The summed E-state index contributed by atoms with van der Waals surface area (Å²) in [5.41, 5.74) is 1.37. The Labute approximate surface area is 137 Å². The molecule has 1 aromatic rings. The van der Waals surface area contributed by atoms with Crippen LogP contribution in [0.25, 0.3) is 0 Å². The average molecular weight is 322 g/mol. The first-order chi connectivity index (χ1) is 10.3. The van der Waals surface area contributed by atoms with Gasteiger partial charge in [0.15, 0.2) is 11.7 Å². The number of alkyl halides is 1. The van der Waals surface area contributed by atoms with Crippen molar-refractivity contribution in [2.24, 2.45) is 4.99 Å². The van der Waals surface area contributed by atoms with Gasteiger partial charge in [-0.2, -0.15) is 0 Å². The third-order valence-corrected chi connectivity index (χ3v) is 4.23. The number of carbonyl (C=O) groups excluding carboxylic acids is 1. The summed E-state index contributed by atoms with van der Waals surface area (Å²) < 4.78 is 5.79. The van der Waals surface area contributed by atoms with E-state index in [-0.39, 0.29) is 16.7 Å². The summed E-state index contributed by atoms with van der Waals surface area (Å²) in [6, 6.07) is 7.75. The van der Waals surface area contributed by atoms with Gasteiger partial charge in [0.2, 0.25) is 0 Å². The van der Waals surface area contributed by atoms with Gasteiger partial charge in [0.05, 0.1) is 11.0 Å². The summed E-state index contributed by atoms with van der Waals surface area (Å²) in [6.45, 7) is 8.93. The predicted molar refractivity (Wildman–Crippen MR) is 91.2 cm³/mol. The zero-order chi connectivity index (χ0) is 16.4. The quantitative estimate of drug-likeness (QED) is 0.576. The molecule has 0 atom stereocenters. The van der Waals surface area contributed by atoms with Crippen LogP contribution < -0.4 is 0 Å². The lowest BCUT2D eigenvalue weighted by molar-refractivity contribution is 0.0982. The van der Waals surface area contributed by atoms with Gasteiger partial charge < -0.3 is 4.74 Å². The maximum absolute atomic E-state index is 12.0. The molecule has 0 aromatic heterocycles. The fourth-order valence-corrected chi connectivity index (χ4v) is 2.61. The lowest BCUT2D eigenvalue weighted by atomic mass is 9.83. The molecule has 2 rings (SSSR count). The van der Waals surface area contributed by atoms with Crippen LogP contribution >= 0.6 is 11.6 Å². The van der Waals surface area contributed by atoms with E-state index in [0.717, 1.165) is 17.0 Å². The summed E-state index contributed by atoms with van der Waals surface area (Å²) in [5, 5.41) is 0. The van der Waals surface area contributed by atoms with Crippen LogP contribution in [0.5, 0.6) is 0 Å². The van der Waals surface area contributed by atoms with E-state index in [4.69, 9.17) is 16.3 Å². The smallest absolute Gasteiger partial charge is 0.194 e. The molecule has 0 N–H and O–H groups in total. The zero-order valence-corrected chi connectivity index (χ0v) is 14.5. The van der Waals surface area contributed by atoms with Crippen molar-refractivity contribution in [2.45, 2.75) is 51.5 Å². The molecule has 0 radical (unpaired) electrons. The number of rotatable bonds is 6. The fraction of sp³-hybridized carbons (Fsp3) is 0.556. The number of ketones is 1. The van der Waals surface area contributed by atoms with Crippen LogP contribution in [0.4, 0.5) is 0 Å². The van der Waals surface area contributed by atoms with E-state index in [1.54, 1.807) is 0 Å². The Bertz CT molecular complexity index is 573. The topological polar surface area (TPSA) is 38.7 Å². The molecule has 1 aromatic carbocycles. The Morgan fingerprint density at radius 2 is 1.95 bits per heavy atom. The number of hydrogen-bond donors (Lipinski definition) is 0. The van der Waals surface area contributed by atoms with Gasteiger partial charge in [0.25, 0.3) is 0 Å². The molecule has 22 heavy (non-hydrogen) atoms. The molecule has 0 spiro atoms. The minimum absolute atomic E-state index is 0.139. The van der Waals surface area contributed by atoms with Crippen LogP contribution in [0.15, 0.2) is 29.3 Å². The van der Waals surface area contributed by atoms with Crippen molar-refractivity contribution in [3.8, 4) is 0 Å². The van der Waals surface area contributed by atoms with Crippen LogP contribution in [0.1, 0.15) is 56.5 Å². The van der Waals surface area contributed by atoms with Gasteiger partial charge in [0, 0.05) is 17.9 Å². The Kier molecular flexibility index (Phi) is 4.96. The Hall–Kier alpha value is -1.35. The molecular formula is C18H24ClNO2. The number of carbonyl (C=O) groups is 1. The molecular weight excluding hydrogens is 298 g/mol. The molecule has 1 heterocycles. The maximum atomic E-state index is 12.0. The molecule has 0 saturated heterocycles. The molecule has 0 unspecified atom stereocenters. The molecule has 0 fully saturated rings. The molecule has 0 amide bonds. The minimum atomic E-state index is -0.300. The number of aliphatic imine (C=N–C) groups is 1. The molecule has 1 aliphatic heterocycles. The van der Waals surface area contributed by atoms with Crippen molar-refractivity contribution in [3.63, 3.8) is 0 Å². The first-order valence-corrected chi connectivity index (χ1v) is 8.22. The highest BCUT2D eigenvalue weighted by Gasteiger charge is 2.37. The van der Waals surface area contributed by atoms with Crippen molar-refractivity contribution < 1.29 is 9.53 Å². The normalized spacial score (nSPS) is 17.0. The number of ether oxygens (including phenoxy) is 1. The summed E-state index contributed by atoms with van der Waals surface area (Å²) in [5.74, 6) is 1.42. The van der Waals surface area contributed by atoms with Gasteiger partial charge in [-0.1, -0.05) is 24.3 Å². The van der Waals surface area contributed by atoms with Gasteiger partial charge in [-0.25, -0.2) is 4.99 Å². The zero-order valence-electron chi connectivity index (χ0n) is 13.8. The van der Waals surface area contributed by atoms with E-state index in [9.17, 15) is 4.79 Å². The van der Waals surface area contributed by atoms with Crippen molar-refractivity contribution in [3.05, 3.63) is 35.4 Å². The number of Topliss-reactive ketones (excluding diaryl/α,β-unsaturated/α-hetero) is 1. The van der Waals surface area contributed by atoms with Gasteiger partial charge in [-0.3, -0.25) is 4.79 Å². The fourth-order valence-electron chi connectivity index (χ4n) is 2.47. The highest BCUT2D eigenvalue weighted by molar-refractivity contribution is 6.18. The van der Waals surface area contributed by atoms with E-state index < -0.39 is 0 Å². The van der Waals surface area contributed by atoms with Gasteiger partial charge in [0.1, 0.15) is 6.61 Å². The number of benzene rings is 1. The molecule has 0 bridgehead atoms. The largest absolute Gasteiger partial charge is 0.478 e. The van der Waals surface area contributed by atoms with Gasteiger partial charge in [-0.15, -0.1) is 11.6 Å². The summed E-state index contributed by atoms with van der Waals surface area (Å²) >= 11 is 5.63. The first-order valence-electron chi connectivity index (χ1n) is 7.69. The van der Waals surface area contributed by atoms with Gasteiger partial charge in [-0.05, 0) is 39.7 Å². The molecule has 4 heteroatoms. The van der Waals surface area contributed by atoms with Crippen LogP contribution in [0.3, 0.4) is 0 Å². The molecule has 120 valence electrons. The van der Waals surface area contributed by atoms with Crippen LogP contribution in [0, 0.1) is 0 Å². The second-order valence-electron chi connectivity index (χ2n) is 6.94. The third-order valence-electron chi connectivity index (χ3n) is 3.97. The minimum Gasteiger partial charge on any atom is -0.478 e. The second kappa shape index (κ2) is 6.41. The number of nitrogens with zero attached hydrogens (tertiary/aromatic N) is 1. The molecule has 1 aliphatic rings. The first kappa shape index (κ1) is 17.0. The van der Waals surface area contributed by atoms with Crippen LogP contribution in [-0.2, 0) is 10.2 Å². The average Bonchev–Trinajstić information content (AvgIpc) is 2.86. The van der Waals surface area contributed by atoms with E-state index in [1.165, 1.54) is 0 Å². The van der Waals surface area contributed by atoms with E-state index in [0.29, 0.717) is 25.3 Å². The van der Waals surface area contributed by atoms with Crippen LogP contribution in [0.2, 0.25) is 0 Å². The van der Waals surface area contributed by atoms with Crippen molar-refractivity contribution >= 4 is 23.3 Å². The summed E-state index contributed by atoms with van der Waals surface area (Å²) in [6.07, 6.45) is 1.21. The van der Waals surface area contributed by atoms with Crippen LogP contribution in [-0.4, -0.2) is 29.7 Å². The lowest BCUT2D eigenvalue weighted by Crippen LogP contribution is -2.29. The number of hydrogen-bond acceptors (Lipinski definition) is 3. The third kappa shape index (κ3) is 3.70. The molecule has 3 nitrogen and oxygen atoms in total. The van der Waals surface area contributed by atoms with E-state index in [2.05, 4.69) is 32.7 Å². The predicted octanol–water partition coefficient (Wildman–Crippen LogP) is 4.37. The van der Waals surface area contributed by atoms with Crippen molar-refractivity contribution in [2.75, 3.05) is 12.5 Å². The highest BCUT2D eigenvalue weighted by Crippen LogP contribution is 2.31. The standard InChI is InChI=1S/C18H24ClNO2/c1-17(2)12-22-16(20-17)18(3,4)14-9-7-13(8-10-14)15(21)6-5-11-19/h7-10H,5-6,11-12H2,1-4H3. The SMILES string of the molecule is CC1(C)COC(C(C)(C)c2ccc(C(=O)CCCCl)cc2)=N1. The Morgan fingerprint density at radius 3 is 2.45 bits per heavy atom. The molecule has 0 saturated carbocycles. The monoisotopic (exact) mass is 321 g/mol. The highest BCUT2D eigenvalue weighted by atomic mass is 35.5. The Morgan fingerprint density at radius 1 is 1.32 bits per heavy atom. The summed E-state index contributed by atoms with van der Waals surface area (Å²) in [4.78, 5) is 16.7. The van der Waals surface area contributed by atoms with E-state index >= 15 is 0 Å². The maximum Gasteiger partial charge on any atom is 0.194 e. The van der Waals surface area contributed by atoms with Crippen molar-refractivity contribution in [1.29, 1.82) is 0 Å². The number of halogens is 1. The van der Waals surface area contributed by atoms with Crippen molar-refractivity contribution in [1.82, 2.24) is 0 Å². The summed E-state index contributed by atoms with van der Waals surface area (Å²) in [7, 11) is 0. The molecule has 0 aliphatic carbocycles. The van der Waals surface area contributed by atoms with E-state index in [1.807, 2.05) is 24.3 Å². The van der Waals surface area contributed by atoms with Gasteiger partial charge >= 0.3 is 0 Å². The Balaban J connectivity index is 2.18.